The van der Waals surface area contributed by atoms with E-state index in [1.54, 1.807) is 24.3 Å². The third-order valence-electron chi connectivity index (χ3n) is 4.29. The van der Waals surface area contributed by atoms with Gasteiger partial charge in [-0.3, -0.25) is 4.79 Å². The van der Waals surface area contributed by atoms with Crippen LogP contribution in [0.15, 0.2) is 42.5 Å². The summed E-state index contributed by atoms with van der Waals surface area (Å²) in [7, 11) is 1.91. The van der Waals surface area contributed by atoms with Crippen molar-refractivity contribution in [2.24, 2.45) is 5.92 Å². The second kappa shape index (κ2) is 7.61. The van der Waals surface area contributed by atoms with Crippen LogP contribution in [0.1, 0.15) is 16.8 Å². The van der Waals surface area contributed by atoms with Gasteiger partial charge in [0.15, 0.2) is 11.6 Å². The summed E-state index contributed by atoms with van der Waals surface area (Å²) in [6.07, 6.45) is 0.998. The van der Waals surface area contributed by atoms with Crippen molar-refractivity contribution < 1.29 is 18.3 Å². The minimum absolute atomic E-state index is 0.0156. The summed E-state index contributed by atoms with van der Waals surface area (Å²) in [5, 5.41) is 3.14. The Morgan fingerprint density at radius 1 is 1.24 bits per heavy atom. The first kappa shape index (κ1) is 17.4. The molecule has 0 radical (unpaired) electrons. The van der Waals surface area contributed by atoms with Crippen LogP contribution in [0.25, 0.3) is 0 Å². The number of halogens is 2. The molecule has 1 atom stereocenters. The van der Waals surface area contributed by atoms with Crippen LogP contribution in [0.5, 0.6) is 11.5 Å². The van der Waals surface area contributed by atoms with Gasteiger partial charge in [0, 0.05) is 24.7 Å². The largest absolute Gasteiger partial charge is 0.454 e. The molecule has 0 aliphatic carbocycles. The number of hydrogen-bond acceptors (Lipinski definition) is 3. The molecular weight excluding hydrogens is 326 g/mol. The molecule has 3 rings (SSSR count). The van der Waals surface area contributed by atoms with Crippen molar-refractivity contribution >= 4 is 5.91 Å². The second-order valence-corrected chi connectivity index (χ2v) is 6.16. The molecular formula is C19H20F2N2O2. The highest BCUT2D eigenvalue weighted by atomic mass is 19.1. The van der Waals surface area contributed by atoms with E-state index in [1.165, 1.54) is 6.07 Å². The van der Waals surface area contributed by atoms with E-state index in [1.807, 2.05) is 11.9 Å². The van der Waals surface area contributed by atoms with Crippen LogP contribution in [0.3, 0.4) is 0 Å². The van der Waals surface area contributed by atoms with Gasteiger partial charge >= 0.3 is 0 Å². The van der Waals surface area contributed by atoms with Crippen LogP contribution < -0.4 is 10.1 Å². The maximum Gasteiger partial charge on any atom is 0.253 e. The fourth-order valence-electron chi connectivity index (χ4n) is 3.01. The summed E-state index contributed by atoms with van der Waals surface area (Å²) in [5.74, 6) is -0.636. The molecule has 1 saturated heterocycles. The molecule has 1 fully saturated rings. The molecule has 0 unspecified atom stereocenters. The number of ether oxygens (including phenoxy) is 1. The highest BCUT2D eigenvalue weighted by molar-refractivity contribution is 5.94. The Labute approximate surface area is 145 Å². The smallest absolute Gasteiger partial charge is 0.253 e. The topological polar surface area (TPSA) is 41.6 Å². The standard InChI is InChI=1S/C19H20F2N2O2/c1-22-11-13-8-9-23(12-13)19(24)14-2-5-16(6-3-14)25-18-7-4-15(20)10-17(18)21/h2-7,10,13,22H,8-9,11-12H2,1H3/t13-/m0/s1. The van der Waals surface area contributed by atoms with Crippen molar-refractivity contribution in [2.75, 3.05) is 26.7 Å². The number of nitrogens with zero attached hydrogens (tertiary/aromatic N) is 1. The fourth-order valence-corrected chi connectivity index (χ4v) is 3.01. The first-order valence-corrected chi connectivity index (χ1v) is 8.23. The summed E-state index contributed by atoms with van der Waals surface area (Å²) >= 11 is 0. The highest BCUT2D eigenvalue weighted by Gasteiger charge is 2.26. The molecule has 25 heavy (non-hydrogen) atoms. The number of carbonyl (C=O) groups excluding carboxylic acids is 1. The average molecular weight is 346 g/mol. The fraction of sp³-hybridized carbons (Fsp3) is 0.316. The third kappa shape index (κ3) is 4.14. The van der Waals surface area contributed by atoms with Gasteiger partial charge in [0.05, 0.1) is 0 Å². The number of benzene rings is 2. The van der Waals surface area contributed by atoms with Gasteiger partial charge in [-0.2, -0.15) is 0 Å². The summed E-state index contributed by atoms with van der Waals surface area (Å²) < 4.78 is 31.9. The number of hydrogen-bond donors (Lipinski definition) is 1. The maximum atomic E-state index is 13.6. The predicted molar refractivity (Wildman–Crippen MR) is 90.8 cm³/mol. The van der Waals surface area contributed by atoms with Crippen molar-refractivity contribution in [3.63, 3.8) is 0 Å². The summed E-state index contributed by atoms with van der Waals surface area (Å²) in [6, 6.07) is 9.66. The summed E-state index contributed by atoms with van der Waals surface area (Å²) in [6.45, 7) is 2.41. The molecule has 132 valence electrons. The molecule has 6 heteroatoms. The van der Waals surface area contributed by atoms with E-state index in [2.05, 4.69) is 5.32 Å². The molecule has 2 aromatic carbocycles. The number of likely N-dealkylation sites (tertiary alicyclic amines) is 1. The Hall–Kier alpha value is -2.47. The van der Waals surface area contributed by atoms with Gasteiger partial charge in [0.1, 0.15) is 11.6 Å². The van der Waals surface area contributed by atoms with E-state index in [9.17, 15) is 13.6 Å². The van der Waals surface area contributed by atoms with Crippen molar-refractivity contribution in [1.82, 2.24) is 10.2 Å². The Bertz CT molecular complexity index is 750. The molecule has 2 aromatic rings. The molecule has 0 saturated carbocycles. The second-order valence-electron chi connectivity index (χ2n) is 6.16. The molecule has 1 aliphatic heterocycles. The lowest BCUT2D eigenvalue weighted by molar-refractivity contribution is 0.0787. The van der Waals surface area contributed by atoms with E-state index in [4.69, 9.17) is 4.74 Å². The number of nitrogens with one attached hydrogen (secondary N) is 1. The monoisotopic (exact) mass is 346 g/mol. The lowest BCUT2D eigenvalue weighted by atomic mass is 10.1. The first-order valence-electron chi connectivity index (χ1n) is 8.23. The average Bonchev–Trinajstić information content (AvgIpc) is 3.06. The Morgan fingerprint density at radius 3 is 2.68 bits per heavy atom. The zero-order valence-electron chi connectivity index (χ0n) is 14.0. The molecule has 0 bridgehead atoms. The van der Waals surface area contributed by atoms with Gasteiger partial charge in [-0.25, -0.2) is 8.78 Å². The van der Waals surface area contributed by atoms with Crippen molar-refractivity contribution in [2.45, 2.75) is 6.42 Å². The zero-order valence-corrected chi connectivity index (χ0v) is 14.0. The minimum atomic E-state index is -0.771. The molecule has 1 heterocycles. The lowest BCUT2D eigenvalue weighted by Crippen LogP contribution is -2.30. The first-order chi connectivity index (χ1) is 12.1. The van der Waals surface area contributed by atoms with Gasteiger partial charge in [0.2, 0.25) is 0 Å². The van der Waals surface area contributed by atoms with Gasteiger partial charge in [0.25, 0.3) is 5.91 Å². The van der Waals surface area contributed by atoms with E-state index < -0.39 is 11.6 Å². The highest BCUT2D eigenvalue weighted by Crippen LogP contribution is 2.26. The molecule has 1 aliphatic rings. The lowest BCUT2D eigenvalue weighted by Gasteiger charge is -2.17. The quantitative estimate of drug-likeness (QED) is 0.902. The van der Waals surface area contributed by atoms with Crippen LogP contribution in [-0.4, -0.2) is 37.5 Å². The van der Waals surface area contributed by atoms with E-state index in [0.717, 1.165) is 38.2 Å². The van der Waals surface area contributed by atoms with Crippen LogP contribution in [0.2, 0.25) is 0 Å². The molecule has 0 aromatic heterocycles. The molecule has 0 spiro atoms. The van der Waals surface area contributed by atoms with Crippen molar-refractivity contribution in [1.29, 1.82) is 0 Å². The third-order valence-corrected chi connectivity index (χ3v) is 4.29. The number of rotatable bonds is 5. The van der Waals surface area contributed by atoms with Crippen LogP contribution in [0, 0.1) is 17.6 Å². The van der Waals surface area contributed by atoms with Gasteiger partial charge in [-0.1, -0.05) is 0 Å². The summed E-state index contributed by atoms with van der Waals surface area (Å²) in [4.78, 5) is 14.4. The van der Waals surface area contributed by atoms with Gasteiger partial charge in [-0.05, 0) is 62.3 Å². The maximum absolute atomic E-state index is 13.6. The molecule has 4 nitrogen and oxygen atoms in total. The summed E-state index contributed by atoms with van der Waals surface area (Å²) in [5.41, 5.74) is 0.567. The zero-order chi connectivity index (χ0) is 17.8. The Morgan fingerprint density at radius 2 is 2.00 bits per heavy atom. The van der Waals surface area contributed by atoms with Crippen LogP contribution >= 0.6 is 0 Å². The number of amides is 1. The molecule has 1 N–H and O–H groups in total. The predicted octanol–water partition coefficient (Wildman–Crippen LogP) is 3.44. The Kier molecular flexibility index (Phi) is 5.28. The minimum Gasteiger partial charge on any atom is -0.454 e. The van der Waals surface area contributed by atoms with Gasteiger partial charge in [-0.15, -0.1) is 0 Å². The SMILES string of the molecule is CNC[C@@H]1CCN(C(=O)c2ccc(Oc3ccc(F)cc3F)cc2)C1. The van der Waals surface area contributed by atoms with Crippen molar-refractivity contribution in [3.05, 3.63) is 59.7 Å². The molecule has 1 amide bonds. The van der Waals surface area contributed by atoms with E-state index >= 15 is 0 Å². The Balaban J connectivity index is 1.65. The van der Waals surface area contributed by atoms with E-state index in [0.29, 0.717) is 17.2 Å². The normalized spacial score (nSPS) is 16.9. The number of carbonyl (C=O) groups is 1. The van der Waals surface area contributed by atoms with Crippen LogP contribution in [-0.2, 0) is 0 Å². The van der Waals surface area contributed by atoms with Crippen LogP contribution in [0.4, 0.5) is 8.78 Å². The van der Waals surface area contributed by atoms with Gasteiger partial charge < -0.3 is 15.0 Å². The van der Waals surface area contributed by atoms with Crippen molar-refractivity contribution in [3.8, 4) is 11.5 Å². The van der Waals surface area contributed by atoms with E-state index in [-0.39, 0.29) is 11.7 Å².